The van der Waals surface area contributed by atoms with Gasteiger partial charge in [-0.25, -0.2) is 11.6 Å². The van der Waals surface area contributed by atoms with Crippen LogP contribution in [0.2, 0.25) is 0 Å². The van der Waals surface area contributed by atoms with Crippen molar-refractivity contribution in [1.82, 2.24) is 0 Å². The van der Waals surface area contributed by atoms with Crippen LogP contribution in [0.5, 0.6) is 0 Å². The molecule has 11 heavy (non-hydrogen) atoms. The van der Waals surface area contributed by atoms with E-state index in [4.69, 9.17) is 0 Å². The molecule has 3 heteroatoms. The Hall–Kier alpha value is 0.132. The fraction of sp³-hybridized carbons (Fsp3) is 0.375. The molecule has 2 nitrogen and oxygen atoms in total. The molecule has 0 aliphatic rings. The van der Waals surface area contributed by atoms with Crippen molar-refractivity contribution in [3.63, 3.8) is 0 Å². The van der Waals surface area contributed by atoms with Crippen molar-refractivity contribution in [2.75, 3.05) is 0 Å². The Labute approximate surface area is 90.8 Å². The minimum absolute atomic E-state index is 0. The van der Waals surface area contributed by atoms with Gasteiger partial charge in [0.25, 0.3) is 0 Å². The van der Waals surface area contributed by atoms with Crippen LogP contribution in [-0.4, -0.2) is 12.6 Å². The van der Waals surface area contributed by atoms with Crippen LogP contribution in [-0.2, 0) is 9.59 Å². The average Bonchev–Trinajstić information content (AvgIpc) is 1.99. The van der Waals surface area contributed by atoms with E-state index in [1.54, 1.807) is 12.4 Å². The van der Waals surface area contributed by atoms with Gasteiger partial charge in [-0.2, -0.15) is 0 Å². The topological polar surface area (TPSA) is 34.1 Å². The summed E-state index contributed by atoms with van der Waals surface area (Å²) >= 11 is 0. The van der Waals surface area contributed by atoms with Crippen molar-refractivity contribution in [2.24, 2.45) is 5.92 Å². The summed E-state index contributed by atoms with van der Waals surface area (Å²) in [5.74, 6) is -0.558. The third-order valence-corrected chi connectivity index (χ3v) is 1.11. The fourth-order valence-electron chi connectivity index (χ4n) is 0.562. The molecule has 0 bridgehead atoms. The van der Waals surface area contributed by atoms with E-state index in [1.807, 2.05) is 6.92 Å². The van der Waals surface area contributed by atoms with Crippen LogP contribution in [0.1, 0.15) is 13.3 Å². The van der Waals surface area contributed by atoms with Gasteiger partial charge in [0, 0.05) is 0 Å². The maximum atomic E-state index is 10.1. The third kappa shape index (κ3) is 5.41. The molecule has 0 heterocycles. The van der Waals surface area contributed by atoms with Crippen molar-refractivity contribution in [3.8, 4) is 0 Å². The molecule has 0 aliphatic carbocycles. The standard InChI is InChI=1S/C8H10O2.U/c1-3-4-8(6-10)7(2)5-9;/h4-5,7H,2-3H2,1H3;/q-2;+2/b8-4+;/t7-;/m1./s1. The predicted octanol–water partition coefficient (Wildman–Crippen LogP) is 1.08. The van der Waals surface area contributed by atoms with E-state index in [0.29, 0.717) is 11.9 Å². The van der Waals surface area contributed by atoms with Crippen LogP contribution >= 0.6 is 0 Å². The summed E-state index contributed by atoms with van der Waals surface area (Å²) in [7, 11) is 0. The van der Waals surface area contributed by atoms with Gasteiger partial charge in [0.15, 0.2) is 0 Å². The van der Waals surface area contributed by atoms with Crippen LogP contribution in [0.15, 0.2) is 11.6 Å². The van der Waals surface area contributed by atoms with E-state index >= 15 is 0 Å². The normalized spacial score (nSPS) is 13.1. The van der Waals surface area contributed by atoms with E-state index in [1.165, 1.54) is 0 Å². The van der Waals surface area contributed by atoms with Crippen LogP contribution in [0.3, 0.4) is 0 Å². The molecule has 0 aliphatic heterocycles. The summed E-state index contributed by atoms with van der Waals surface area (Å²) in [6, 6.07) is 0. The first kappa shape index (κ1) is 13.7. The zero-order valence-corrected chi connectivity index (χ0v) is 10.6. The number of hydrogen-bond donors (Lipinski definition) is 0. The monoisotopic (exact) mass is 376 g/mol. The molecule has 0 spiro atoms. The van der Waals surface area contributed by atoms with Crippen molar-refractivity contribution in [3.05, 3.63) is 18.6 Å². The van der Waals surface area contributed by atoms with Gasteiger partial charge in [0.05, 0.1) is 6.29 Å². The zero-order valence-electron chi connectivity index (χ0n) is 6.46. The Bertz CT molecular complexity index is 152. The summed E-state index contributed by atoms with van der Waals surface area (Å²) in [6.07, 6.45) is 4.68. The Balaban J connectivity index is 0. The van der Waals surface area contributed by atoms with Gasteiger partial charge >= 0.3 is 31.1 Å². The smallest absolute Gasteiger partial charge is 0.419 e. The molecule has 0 fully saturated rings. The Morgan fingerprint density at radius 3 is 2.55 bits per heavy atom. The molecule has 0 saturated heterocycles. The largest absolute Gasteiger partial charge is 2.00 e. The first-order valence-corrected chi connectivity index (χ1v) is 3.12. The molecular weight excluding hydrogens is 366 g/mol. The van der Waals surface area contributed by atoms with Gasteiger partial charge in [-0.3, -0.25) is 0 Å². The van der Waals surface area contributed by atoms with E-state index in [9.17, 15) is 9.59 Å². The molecule has 0 N–H and O–H groups in total. The first-order valence-electron chi connectivity index (χ1n) is 3.12. The molecule has 0 rings (SSSR count). The van der Waals surface area contributed by atoms with Crippen LogP contribution < -0.4 is 0 Å². The van der Waals surface area contributed by atoms with Gasteiger partial charge in [0.2, 0.25) is 0 Å². The molecule has 0 unspecified atom stereocenters. The number of aldehydes is 1. The van der Waals surface area contributed by atoms with E-state index < -0.39 is 5.92 Å². The number of allylic oxidation sites excluding steroid dienone is 2. The SMILES string of the molecule is [CH2-][C@H](C=O)/C([C-]=O)=C/CC.[U+2]. The maximum Gasteiger partial charge on any atom is 2.00 e. The second kappa shape index (κ2) is 8.23. The zero-order chi connectivity index (χ0) is 7.98. The van der Waals surface area contributed by atoms with E-state index in [2.05, 4.69) is 6.92 Å². The van der Waals surface area contributed by atoms with Gasteiger partial charge in [-0.1, -0.05) is 6.92 Å². The minimum Gasteiger partial charge on any atom is -0.419 e. The van der Waals surface area contributed by atoms with E-state index in [-0.39, 0.29) is 31.1 Å². The molecule has 0 aromatic carbocycles. The molecule has 0 amide bonds. The first-order chi connectivity index (χ1) is 4.76. The number of hydrogen-bond acceptors (Lipinski definition) is 2. The molecule has 0 aromatic heterocycles. The number of carbonyl (C=O) groups is 1. The van der Waals surface area contributed by atoms with Crippen molar-refractivity contribution in [2.45, 2.75) is 13.3 Å². The second-order valence-electron chi connectivity index (χ2n) is 1.91. The van der Waals surface area contributed by atoms with Crippen molar-refractivity contribution < 1.29 is 40.7 Å². The van der Waals surface area contributed by atoms with Crippen molar-refractivity contribution >= 4 is 12.6 Å². The van der Waals surface area contributed by atoms with Crippen LogP contribution in [0.4, 0.5) is 0 Å². The summed E-state index contributed by atoms with van der Waals surface area (Å²) in [5.41, 5.74) is 0.345. The van der Waals surface area contributed by atoms with Crippen LogP contribution in [0.25, 0.3) is 0 Å². The van der Waals surface area contributed by atoms with Crippen molar-refractivity contribution in [1.29, 1.82) is 0 Å². The van der Waals surface area contributed by atoms with Gasteiger partial charge in [-0.15, -0.1) is 12.3 Å². The molecule has 0 aromatic rings. The summed E-state index contributed by atoms with van der Waals surface area (Å²) in [4.78, 5) is 20.2. The molecular formula is C8H10O2U. The molecule has 58 valence electrons. The summed E-state index contributed by atoms with van der Waals surface area (Å²) in [5, 5.41) is 0. The van der Waals surface area contributed by atoms with E-state index in [0.717, 1.165) is 6.42 Å². The molecule has 0 saturated carbocycles. The Morgan fingerprint density at radius 1 is 1.73 bits per heavy atom. The summed E-state index contributed by atoms with van der Waals surface area (Å²) < 4.78 is 0. The molecule has 0 radical (unpaired) electrons. The average molecular weight is 376 g/mol. The van der Waals surface area contributed by atoms with Gasteiger partial charge in [-0.05, 0) is 6.29 Å². The number of rotatable bonds is 4. The summed E-state index contributed by atoms with van der Waals surface area (Å²) in [6.45, 7) is 5.33. The Morgan fingerprint density at radius 2 is 2.27 bits per heavy atom. The number of carbonyl (C=O) groups excluding carboxylic acids is 2. The predicted molar refractivity (Wildman–Crippen MR) is 39.0 cm³/mol. The maximum absolute atomic E-state index is 10.1. The Kier molecular flexibility index (Phi) is 10.3. The fourth-order valence-corrected chi connectivity index (χ4v) is 0.562. The molecule has 1 atom stereocenters. The van der Waals surface area contributed by atoms with Gasteiger partial charge < -0.3 is 16.5 Å². The quantitative estimate of drug-likeness (QED) is 0.418. The minimum atomic E-state index is -0.558. The third-order valence-electron chi connectivity index (χ3n) is 1.11. The van der Waals surface area contributed by atoms with Gasteiger partial charge in [0.1, 0.15) is 0 Å². The van der Waals surface area contributed by atoms with Crippen LogP contribution in [0, 0.1) is 44.0 Å². The second-order valence-corrected chi connectivity index (χ2v) is 1.91.